The van der Waals surface area contributed by atoms with Gasteiger partial charge in [0.15, 0.2) is 11.5 Å². The summed E-state index contributed by atoms with van der Waals surface area (Å²) in [7, 11) is 3.23. The Hall–Kier alpha value is -3.85. The first-order valence-electron chi connectivity index (χ1n) is 9.65. The second-order valence-electron chi connectivity index (χ2n) is 7.15. The van der Waals surface area contributed by atoms with Crippen LogP contribution in [0.15, 0.2) is 55.0 Å². The van der Waals surface area contributed by atoms with Crippen LogP contribution in [0.25, 0.3) is 10.8 Å². The molecule has 0 aliphatic rings. The van der Waals surface area contributed by atoms with Crippen molar-refractivity contribution >= 4 is 22.7 Å². The van der Waals surface area contributed by atoms with Gasteiger partial charge in [0.2, 0.25) is 0 Å². The quantitative estimate of drug-likeness (QED) is 0.409. The number of aliphatic carboxylic acids is 2. The van der Waals surface area contributed by atoms with Gasteiger partial charge in [-0.3, -0.25) is 0 Å². The SMILES string of the molecule is COc1cc2ccc([C@](O)(c3c[nH]cn3)C(C)C)cc2cc1OC.O=C(O)C=CC(=O)O. The average Bonchev–Trinajstić information content (AvgIpc) is 3.31. The second-order valence-corrected chi connectivity index (χ2v) is 7.15. The molecule has 1 heterocycles. The number of ether oxygens (including phenoxy) is 2. The van der Waals surface area contributed by atoms with E-state index < -0.39 is 17.5 Å². The summed E-state index contributed by atoms with van der Waals surface area (Å²) in [5.41, 5.74) is 0.239. The third kappa shape index (κ3) is 5.44. The summed E-state index contributed by atoms with van der Waals surface area (Å²) in [6, 6.07) is 9.74. The molecule has 0 saturated heterocycles. The van der Waals surface area contributed by atoms with Crippen molar-refractivity contribution < 1.29 is 34.4 Å². The van der Waals surface area contributed by atoms with Crippen LogP contribution in [0.5, 0.6) is 11.5 Å². The number of fused-ring (bicyclic) bond motifs is 1. The summed E-state index contributed by atoms with van der Waals surface area (Å²) in [6.07, 6.45) is 4.43. The zero-order valence-electron chi connectivity index (χ0n) is 18.2. The number of carboxylic acids is 2. The minimum absolute atomic E-state index is 0.0432. The minimum Gasteiger partial charge on any atom is -0.493 e. The zero-order valence-corrected chi connectivity index (χ0v) is 18.2. The summed E-state index contributed by atoms with van der Waals surface area (Å²) >= 11 is 0. The smallest absolute Gasteiger partial charge is 0.328 e. The topological polar surface area (TPSA) is 142 Å². The van der Waals surface area contributed by atoms with E-state index in [-0.39, 0.29) is 5.92 Å². The molecule has 32 heavy (non-hydrogen) atoms. The maximum absolute atomic E-state index is 11.4. The molecule has 2 aromatic carbocycles. The number of benzene rings is 2. The molecule has 0 saturated carbocycles. The number of nitrogens with one attached hydrogen (secondary N) is 1. The van der Waals surface area contributed by atoms with Crippen LogP contribution in [0.4, 0.5) is 0 Å². The summed E-state index contributed by atoms with van der Waals surface area (Å²) in [6.45, 7) is 3.96. The molecule has 1 atom stereocenters. The van der Waals surface area contributed by atoms with E-state index in [1.807, 2.05) is 44.2 Å². The Labute approximate surface area is 184 Å². The zero-order chi connectivity index (χ0) is 23.9. The third-order valence-corrected chi connectivity index (χ3v) is 4.88. The highest BCUT2D eigenvalue weighted by Crippen LogP contribution is 2.39. The average molecular weight is 442 g/mol. The largest absolute Gasteiger partial charge is 0.493 e. The minimum atomic E-state index is -1.26. The Kier molecular flexibility index (Phi) is 7.97. The molecular weight excluding hydrogens is 416 g/mol. The molecule has 1 aromatic heterocycles. The van der Waals surface area contributed by atoms with Crippen LogP contribution in [-0.2, 0) is 15.2 Å². The molecule has 0 aliphatic heterocycles. The van der Waals surface area contributed by atoms with Gasteiger partial charge in [0.25, 0.3) is 0 Å². The molecule has 9 nitrogen and oxygen atoms in total. The van der Waals surface area contributed by atoms with Crippen molar-refractivity contribution in [2.24, 2.45) is 5.92 Å². The molecule has 9 heteroatoms. The number of aromatic nitrogens is 2. The fourth-order valence-corrected chi connectivity index (χ4v) is 3.20. The number of hydrogen-bond donors (Lipinski definition) is 4. The number of rotatable bonds is 7. The molecule has 0 unspecified atom stereocenters. The normalized spacial score (nSPS) is 12.8. The number of aliphatic hydroxyl groups is 1. The lowest BCUT2D eigenvalue weighted by molar-refractivity contribution is -0.134. The number of methoxy groups -OCH3 is 2. The molecule has 3 aromatic rings. The van der Waals surface area contributed by atoms with Crippen molar-refractivity contribution in [3.05, 3.63) is 66.3 Å². The van der Waals surface area contributed by atoms with Gasteiger partial charge in [0.05, 0.1) is 26.2 Å². The highest BCUT2D eigenvalue weighted by molar-refractivity contribution is 5.89. The molecule has 0 radical (unpaired) electrons. The van der Waals surface area contributed by atoms with E-state index in [0.29, 0.717) is 29.3 Å². The van der Waals surface area contributed by atoms with Gasteiger partial charge in [-0.2, -0.15) is 0 Å². The Morgan fingerprint density at radius 3 is 2.00 bits per heavy atom. The van der Waals surface area contributed by atoms with E-state index in [1.54, 1.807) is 26.7 Å². The first kappa shape index (κ1) is 24.4. The highest BCUT2D eigenvalue weighted by atomic mass is 16.5. The van der Waals surface area contributed by atoms with E-state index in [4.69, 9.17) is 19.7 Å². The van der Waals surface area contributed by atoms with Crippen molar-refractivity contribution in [2.45, 2.75) is 19.4 Å². The summed E-state index contributed by atoms with van der Waals surface area (Å²) < 4.78 is 10.7. The van der Waals surface area contributed by atoms with Crippen molar-refractivity contribution in [2.75, 3.05) is 14.2 Å². The van der Waals surface area contributed by atoms with Gasteiger partial charge in [-0.15, -0.1) is 0 Å². The van der Waals surface area contributed by atoms with E-state index in [2.05, 4.69) is 9.97 Å². The fourth-order valence-electron chi connectivity index (χ4n) is 3.20. The Balaban J connectivity index is 0.000000390. The lowest BCUT2D eigenvalue weighted by Gasteiger charge is -2.31. The van der Waals surface area contributed by atoms with E-state index in [0.717, 1.165) is 16.3 Å². The monoisotopic (exact) mass is 442 g/mol. The lowest BCUT2D eigenvalue weighted by atomic mass is 9.80. The Morgan fingerprint density at radius 2 is 1.56 bits per heavy atom. The fraction of sp³-hybridized carbons (Fsp3) is 0.261. The molecule has 0 fully saturated rings. The predicted molar refractivity (Wildman–Crippen MR) is 118 cm³/mol. The molecular formula is C23H26N2O7. The Bertz CT molecular complexity index is 1090. The summed E-state index contributed by atoms with van der Waals surface area (Å²) in [5.74, 6) is -1.21. The van der Waals surface area contributed by atoms with Crippen molar-refractivity contribution in [1.29, 1.82) is 0 Å². The molecule has 0 bridgehead atoms. The predicted octanol–water partition coefficient (Wildman–Crippen LogP) is 3.18. The first-order chi connectivity index (χ1) is 15.1. The molecule has 170 valence electrons. The number of nitrogens with zero attached hydrogens (tertiary/aromatic N) is 1. The van der Waals surface area contributed by atoms with E-state index >= 15 is 0 Å². The van der Waals surface area contributed by atoms with Crippen LogP contribution < -0.4 is 9.47 Å². The number of carbonyl (C=O) groups is 2. The standard InChI is InChI=1S/C19H22N2O3.C4H4O4/c1-12(2)19(22,18-10-20-11-21-18)15-6-5-13-8-16(23-3)17(24-4)9-14(13)7-15;5-3(6)1-2-4(7)8/h5-12,22H,1-4H3,(H,20,21);1-2H,(H,5,6)(H,7,8)/t19-;/m0./s1. The van der Waals surface area contributed by atoms with Crippen LogP contribution >= 0.6 is 0 Å². The molecule has 0 spiro atoms. The van der Waals surface area contributed by atoms with Gasteiger partial charge in [-0.1, -0.05) is 26.0 Å². The van der Waals surface area contributed by atoms with Gasteiger partial charge >= 0.3 is 11.9 Å². The number of imidazole rings is 1. The van der Waals surface area contributed by atoms with Gasteiger partial charge in [-0.05, 0) is 40.5 Å². The van der Waals surface area contributed by atoms with Gasteiger partial charge < -0.3 is 29.8 Å². The molecule has 0 amide bonds. The molecule has 4 N–H and O–H groups in total. The van der Waals surface area contributed by atoms with E-state index in [9.17, 15) is 14.7 Å². The van der Waals surface area contributed by atoms with Crippen LogP contribution in [-0.4, -0.2) is 51.4 Å². The lowest BCUT2D eigenvalue weighted by Crippen LogP contribution is -2.33. The Morgan fingerprint density at radius 1 is 1.00 bits per heavy atom. The highest BCUT2D eigenvalue weighted by Gasteiger charge is 2.37. The first-order valence-corrected chi connectivity index (χ1v) is 9.65. The van der Waals surface area contributed by atoms with Gasteiger partial charge in [0, 0.05) is 18.3 Å². The summed E-state index contributed by atoms with van der Waals surface area (Å²) in [4.78, 5) is 26.3. The third-order valence-electron chi connectivity index (χ3n) is 4.88. The molecule has 3 rings (SSSR count). The van der Waals surface area contributed by atoms with E-state index in [1.165, 1.54) is 0 Å². The molecule has 0 aliphatic carbocycles. The number of hydrogen-bond acceptors (Lipinski definition) is 6. The number of carboxylic acid groups (broad SMARTS) is 2. The van der Waals surface area contributed by atoms with Gasteiger partial charge in [-0.25, -0.2) is 14.6 Å². The van der Waals surface area contributed by atoms with Crippen molar-refractivity contribution in [3.63, 3.8) is 0 Å². The van der Waals surface area contributed by atoms with Crippen LogP contribution in [0.1, 0.15) is 25.1 Å². The van der Waals surface area contributed by atoms with Crippen LogP contribution in [0.3, 0.4) is 0 Å². The summed E-state index contributed by atoms with van der Waals surface area (Å²) in [5, 5.41) is 29.0. The number of H-pyrrole nitrogens is 1. The van der Waals surface area contributed by atoms with Crippen molar-refractivity contribution in [3.8, 4) is 11.5 Å². The van der Waals surface area contributed by atoms with Crippen molar-refractivity contribution in [1.82, 2.24) is 9.97 Å². The maximum atomic E-state index is 11.4. The van der Waals surface area contributed by atoms with Crippen LogP contribution in [0, 0.1) is 5.92 Å². The number of aromatic amines is 1. The van der Waals surface area contributed by atoms with Gasteiger partial charge in [0.1, 0.15) is 5.60 Å². The second kappa shape index (κ2) is 10.5. The maximum Gasteiger partial charge on any atom is 0.328 e. The van der Waals surface area contributed by atoms with Crippen LogP contribution in [0.2, 0.25) is 0 Å².